The Morgan fingerprint density at radius 1 is 1.18 bits per heavy atom. The number of carbonyl (C=O) groups is 3. The van der Waals surface area contributed by atoms with Crippen LogP contribution in [0.15, 0.2) is 12.1 Å². The van der Waals surface area contributed by atoms with Crippen LogP contribution >= 0.6 is 0 Å². The number of benzene rings is 1. The fourth-order valence-electron chi connectivity index (χ4n) is 3.07. The molecule has 8 heteroatoms. The summed E-state index contributed by atoms with van der Waals surface area (Å²) in [5, 5.41) is 2.61. The first kappa shape index (κ1) is 21.7. The molecule has 2 rings (SSSR count). The number of rotatable bonds is 5. The number of methoxy groups -OCH3 is 2. The summed E-state index contributed by atoms with van der Waals surface area (Å²) >= 11 is 0. The molecule has 1 N–H and O–H groups in total. The average Bonchev–Trinajstić information content (AvgIpc) is 2.76. The zero-order valence-corrected chi connectivity index (χ0v) is 17.5. The van der Waals surface area contributed by atoms with E-state index in [0.29, 0.717) is 24.4 Å². The van der Waals surface area contributed by atoms with Gasteiger partial charge in [0, 0.05) is 19.3 Å². The second kappa shape index (κ2) is 7.79. The standard InChI is InChI=1S/C20H28N2O6/c1-19(2,3)28-18(25)21-14-11-13-15(10-12(14)16(23)27-7)22(8-9-26-6)17(24)20(13,4)5/h10-11H,8-9H2,1-7H3,(H,21,25). The fourth-order valence-corrected chi connectivity index (χ4v) is 3.07. The van der Waals surface area contributed by atoms with E-state index in [1.54, 1.807) is 58.8 Å². The topological polar surface area (TPSA) is 94.2 Å². The molecular weight excluding hydrogens is 364 g/mol. The third kappa shape index (κ3) is 4.27. The predicted molar refractivity (Wildman–Crippen MR) is 105 cm³/mol. The SMILES string of the molecule is COCCN1C(=O)C(C)(C)c2cc(NC(=O)OC(C)(C)C)c(C(=O)OC)cc21. The molecule has 0 unspecified atom stereocenters. The minimum Gasteiger partial charge on any atom is -0.465 e. The van der Waals surface area contributed by atoms with Crippen molar-refractivity contribution in [3.05, 3.63) is 23.3 Å². The maximum absolute atomic E-state index is 12.9. The molecular formula is C20H28N2O6. The van der Waals surface area contributed by atoms with Gasteiger partial charge >= 0.3 is 12.1 Å². The average molecular weight is 392 g/mol. The third-order valence-corrected chi connectivity index (χ3v) is 4.44. The molecule has 0 saturated carbocycles. The van der Waals surface area contributed by atoms with Crippen LogP contribution in [0.2, 0.25) is 0 Å². The zero-order chi connectivity index (χ0) is 21.3. The highest BCUT2D eigenvalue weighted by atomic mass is 16.6. The quantitative estimate of drug-likeness (QED) is 0.774. The second-order valence-electron chi connectivity index (χ2n) is 8.11. The molecule has 1 aliphatic rings. The van der Waals surface area contributed by atoms with Gasteiger partial charge < -0.3 is 19.1 Å². The molecule has 0 aromatic heterocycles. The number of hydrogen-bond donors (Lipinski definition) is 1. The molecule has 0 radical (unpaired) electrons. The number of esters is 1. The number of anilines is 2. The highest BCUT2D eigenvalue weighted by molar-refractivity contribution is 6.10. The van der Waals surface area contributed by atoms with E-state index in [1.807, 2.05) is 0 Å². The third-order valence-electron chi connectivity index (χ3n) is 4.44. The van der Waals surface area contributed by atoms with E-state index in [2.05, 4.69) is 5.32 Å². The van der Waals surface area contributed by atoms with Crippen molar-refractivity contribution in [1.29, 1.82) is 0 Å². The first-order valence-corrected chi connectivity index (χ1v) is 9.00. The van der Waals surface area contributed by atoms with E-state index in [4.69, 9.17) is 14.2 Å². The molecule has 1 aromatic carbocycles. The summed E-state index contributed by atoms with van der Waals surface area (Å²) < 4.78 is 15.2. The molecule has 8 nitrogen and oxygen atoms in total. The molecule has 1 heterocycles. The van der Waals surface area contributed by atoms with Gasteiger partial charge in [0.1, 0.15) is 5.60 Å². The normalized spacial score (nSPS) is 15.2. The monoisotopic (exact) mass is 392 g/mol. The van der Waals surface area contributed by atoms with Crippen LogP contribution in [-0.2, 0) is 24.4 Å². The van der Waals surface area contributed by atoms with Gasteiger partial charge in [0.15, 0.2) is 0 Å². The lowest BCUT2D eigenvalue weighted by atomic mass is 9.85. The van der Waals surface area contributed by atoms with Crippen LogP contribution in [-0.4, -0.2) is 50.9 Å². The van der Waals surface area contributed by atoms with Crippen LogP contribution in [0.3, 0.4) is 0 Å². The number of nitrogens with one attached hydrogen (secondary N) is 1. The minimum absolute atomic E-state index is 0.107. The molecule has 0 aliphatic carbocycles. The van der Waals surface area contributed by atoms with Gasteiger partial charge in [-0.1, -0.05) is 0 Å². The lowest BCUT2D eigenvalue weighted by molar-refractivity contribution is -0.122. The summed E-state index contributed by atoms with van der Waals surface area (Å²) in [5.74, 6) is -0.734. The predicted octanol–water partition coefficient (Wildman–Crippen LogP) is 3.09. The minimum atomic E-state index is -0.817. The van der Waals surface area contributed by atoms with Crippen molar-refractivity contribution < 1.29 is 28.6 Å². The number of carbonyl (C=O) groups excluding carboxylic acids is 3. The number of hydrogen-bond acceptors (Lipinski definition) is 6. The molecule has 0 fully saturated rings. The summed E-state index contributed by atoms with van der Waals surface area (Å²) in [6, 6.07) is 3.20. The molecule has 0 atom stereocenters. The molecule has 0 bridgehead atoms. The molecule has 0 saturated heterocycles. The van der Waals surface area contributed by atoms with Gasteiger partial charge in [-0.3, -0.25) is 10.1 Å². The Bertz CT molecular complexity index is 795. The largest absolute Gasteiger partial charge is 0.465 e. The Hall–Kier alpha value is -2.61. The number of nitrogens with zero attached hydrogens (tertiary/aromatic N) is 1. The van der Waals surface area contributed by atoms with E-state index < -0.39 is 23.1 Å². The first-order chi connectivity index (χ1) is 12.9. The Balaban J connectivity index is 2.53. The summed E-state index contributed by atoms with van der Waals surface area (Å²) in [7, 11) is 2.81. The zero-order valence-electron chi connectivity index (χ0n) is 17.5. The Labute approximate surface area is 165 Å². The van der Waals surface area contributed by atoms with Crippen molar-refractivity contribution in [1.82, 2.24) is 0 Å². The summed E-state index contributed by atoms with van der Waals surface area (Å²) in [6.07, 6.45) is -0.698. The van der Waals surface area contributed by atoms with Gasteiger partial charge in [0.05, 0.1) is 30.4 Å². The van der Waals surface area contributed by atoms with Gasteiger partial charge in [-0.2, -0.15) is 0 Å². The summed E-state index contributed by atoms with van der Waals surface area (Å²) in [5.41, 5.74) is 0.157. The maximum atomic E-state index is 12.9. The van der Waals surface area contributed by atoms with Gasteiger partial charge in [-0.25, -0.2) is 9.59 Å². The Kier molecular flexibility index (Phi) is 6.03. The number of fused-ring (bicyclic) bond motifs is 1. The van der Waals surface area contributed by atoms with Crippen LogP contribution in [0.5, 0.6) is 0 Å². The number of ether oxygens (including phenoxy) is 3. The van der Waals surface area contributed by atoms with Crippen LogP contribution < -0.4 is 10.2 Å². The van der Waals surface area contributed by atoms with Crippen molar-refractivity contribution >= 4 is 29.3 Å². The molecule has 28 heavy (non-hydrogen) atoms. The summed E-state index contributed by atoms with van der Waals surface area (Å²) in [4.78, 5) is 39.1. The smallest absolute Gasteiger partial charge is 0.412 e. The van der Waals surface area contributed by atoms with E-state index in [9.17, 15) is 14.4 Å². The maximum Gasteiger partial charge on any atom is 0.412 e. The van der Waals surface area contributed by atoms with Crippen LogP contribution in [0.4, 0.5) is 16.2 Å². The van der Waals surface area contributed by atoms with Gasteiger partial charge in [-0.15, -0.1) is 0 Å². The Morgan fingerprint density at radius 2 is 1.82 bits per heavy atom. The lowest BCUT2D eigenvalue weighted by Gasteiger charge is -2.21. The highest BCUT2D eigenvalue weighted by Crippen LogP contribution is 2.44. The van der Waals surface area contributed by atoms with Gasteiger partial charge in [0.2, 0.25) is 5.91 Å². The Morgan fingerprint density at radius 3 is 2.36 bits per heavy atom. The van der Waals surface area contributed by atoms with Crippen molar-refractivity contribution in [3.8, 4) is 0 Å². The van der Waals surface area contributed by atoms with Crippen molar-refractivity contribution in [2.75, 3.05) is 37.6 Å². The summed E-state index contributed by atoms with van der Waals surface area (Å²) in [6.45, 7) is 9.54. The number of amides is 2. The van der Waals surface area contributed by atoms with E-state index in [-0.39, 0.29) is 17.2 Å². The molecule has 0 spiro atoms. The first-order valence-electron chi connectivity index (χ1n) is 9.00. The van der Waals surface area contributed by atoms with E-state index in [1.165, 1.54) is 7.11 Å². The van der Waals surface area contributed by atoms with Crippen LogP contribution in [0.25, 0.3) is 0 Å². The highest BCUT2D eigenvalue weighted by Gasteiger charge is 2.44. The van der Waals surface area contributed by atoms with Crippen molar-refractivity contribution in [3.63, 3.8) is 0 Å². The lowest BCUT2D eigenvalue weighted by Crippen LogP contribution is -2.38. The van der Waals surface area contributed by atoms with Crippen molar-refractivity contribution in [2.45, 2.75) is 45.6 Å². The second-order valence-corrected chi connectivity index (χ2v) is 8.11. The van der Waals surface area contributed by atoms with E-state index in [0.717, 1.165) is 0 Å². The molecule has 1 aliphatic heterocycles. The van der Waals surface area contributed by atoms with Crippen LogP contribution in [0, 0.1) is 0 Å². The van der Waals surface area contributed by atoms with Crippen LogP contribution in [0.1, 0.15) is 50.5 Å². The van der Waals surface area contributed by atoms with Gasteiger partial charge in [-0.05, 0) is 52.3 Å². The van der Waals surface area contributed by atoms with Gasteiger partial charge in [0.25, 0.3) is 0 Å². The van der Waals surface area contributed by atoms with Crippen molar-refractivity contribution in [2.24, 2.45) is 0 Å². The molecule has 1 aromatic rings. The molecule has 2 amide bonds. The molecule has 154 valence electrons. The fraction of sp³-hybridized carbons (Fsp3) is 0.550. The van der Waals surface area contributed by atoms with E-state index >= 15 is 0 Å².